The highest BCUT2D eigenvalue weighted by Gasteiger charge is 2.18. The van der Waals surface area contributed by atoms with Gasteiger partial charge in [0.25, 0.3) is 0 Å². The molecule has 0 saturated heterocycles. The van der Waals surface area contributed by atoms with Crippen molar-refractivity contribution in [3.8, 4) is 0 Å². The first kappa shape index (κ1) is 14.7. The maximum absolute atomic E-state index is 11.4. The molecule has 7 nitrogen and oxygen atoms in total. The molecule has 16 heavy (non-hydrogen) atoms. The van der Waals surface area contributed by atoms with E-state index in [1.807, 2.05) is 0 Å². The second kappa shape index (κ2) is 7.89. The summed E-state index contributed by atoms with van der Waals surface area (Å²) in [4.78, 5) is 23.4. The minimum atomic E-state index is -1.11. The highest BCUT2D eigenvalue weighted by molar-refractivity contribution is 5.76. The average molecular weight is 234 g/mol. The van der Waals surface area contributed by atoms with Gasteiger partial charge in [-0.3, -0.25) is 0 Å². The molecule has 0 fully saturated rings. The van der Waals surface area contributed by atoms with E-state index in [4.69, 9.17) is 9.84 Å². The molecule has 94 valence electrons. The van der Waals surface area contributed by atoms with Gasteiger partial charge in [0, 0.05) is 27.8 Å². The number of carboxylic acid groups (broad SMARTS) is 1. The van der Waals surface area contributed by atoms with Crippen LogP contribution in [0.5, 0.6) is 0 Å². The number of likely N-dealkylation sites (N-methyl/N-ethyl adjacent to an activating group) is 1. The largest absolute Gasteiger partial charge is 0.479 e. The third-order valence-corrected chi connectivity index (χ3v) is 1.98. The molecule has 2 N–H and O–H groups in total. The molecule has 0 aromatic heterocycles. The normalized spacial score (nSPS) is 11.9. The third kappa shape index (κ3) is 5.52. The monoisotopic (exact) mass is 234 g/mol. The second-order valence-electron chi connectivity index (χ2n) is 3.16. The first-order chi connectivity index (χ1) is 7.52. The number of urea groups is 1. The van der Waals surface area contributed by atoms with Gasteiger partial charge in [0.1, 0.15) is 0 Å². The number of methoxy groups -OCH3 is 2. The second-order valence-corrected chi connectivity index (χ2v) is 3.16. The van der Waals surface area contributed by atoms with Gasteiger partial charge in [-0.05, 0) is 0 Å². The summed E-state index contributed by atoms with van der Waals surface area (Å²) < 4.78 is 9.47. The molecule has 1 atom stereocenters. The number of carboxylic acids is 1. The maximum atomic E-state index is 11.4. The number of rotatable bonds is 7. The van der Waals surface area contributed by atoms with Crippen LogP contribution in [0.2, 0.25) is 0 Å². The molecular weight excluding hydrogens is 216 g/mol. The van der Waals surface area contributed by atoms with Crippen LogP contribution in [-0.2, 0) is 14.3 Å². The fraction of sp³-hybridized carbons (Fsp3) is 0.778. The van der Waals surface area contributed by atoms with E-state index in [2.05, 4.69) is 10.1 Å². The number of nitrogens with one attached hydrogen (secondary N) is 1. The molecular formula is C9H18N2O5. The van der Waals surface area contributed by atoms with Crippen LogP contribution in [0.3, 0.4) is 0 Å². The van der Waals surface area contributed by atoms with Crippen molar-refractivity contribution in [2.45, 2.75) is 6.10 Å². The number of amides is 2. The molecule has 0 saturated carbocycles. The van der Waals surface area contributed by atoms with E-state index in [0.29, 0.717) is 13.2 Å². The molecule has 0 aliphatic carbocycles. The Morgan fingerprint density at radius 3 is 2.50 bits per heavy atom. The van der Waals surface area contributed by atoms with Crippen LogP contribution in [0.4, 0.5) is 4.79 Å². The van der Waals surface area contributed by atoms with Crippen molar-refractivity contribution in [3.63, 3.8) is 0 Å². The number of carbonyl (C=O) groups is 2. The Morgan fingerprint density at radius 2 is 2.06 bits per heavy atom. The minimum absolute atomic E-state index is 0.0675. The number of hydrogen-bond acceptors (Lipinski definition) is 4. The third-order valence-electron chi connectivity index (χ3n) is 1.98. The summed E-state index contributed by atoms with van der Waals surface area (Å²) in [6, 6.07) is -0.361. The van der Waals surface area contributed by atoms with Crippen LogP contribution < -0.4 is 5.32 Å². The van der Waals surface area contributed by atoms with Crippen molar-refractivity contribution in [2.24, 2.45) is 0 Å². The van der Waals surface area contributed by atoms with Crippen molar-refractivity contribution in [2.75, 3.05) is 41.0 Å². The van der Waals surface area contributed by atoms with Gasteiger partial charge in [-0.15, -0.1) is 0 Å². The Balaban J connectivity index is 3.91. The summed E-state index contributed by atoms with van der Waals surface area (Å²) >= 11 is 0. The van der Waals surface area contributed by atoms with Crippen LogP contribution >= 0.6 is 0 Å². The van der Waals surface area contributed by atoms with Gasteiger partial charge in [0.2, 0.25) is 0 Å². The van der Waals surface area contributed by atoms with E-state index < -0.39 is 12.1 Å². The lowest BCUT2D eigenvalue weighted by molar-refractivity contribution is -0.148. The van der Waals surface area contributed by atoms with Crippen molar-refractivity contribution < 1.29 is 24.2 Å². The molecule has 0 aromatic rings. The van der Waals surface area contributed by atoms with Gasteiger partial charge in [-0.25, -0.2) is 9.59 Å². The predicted octanol–water partition coefficient (Wildman–Crippen LogP) is -0.626. The number of aliphatic carboxylic acids is 1. The maximum Gasteiger partial charge on any atom is 0.334 e. The van der Waals surface area contributed by atoms with Crippen molar-refractivity contribution in [1.82, 2.24) is 10.2 Å². The molecule has 0 radical (unpaired) electrons. The summed E-state index contributed by atoms with van der Waals surface area (Å²) in [5.74, 6) is -1.11. The average Bonchev–Trinajstić information content (AvgIpc) is 2.25. The van der Waals surface area contributed by atoms with Crippen LogP contribution in [0.1, 0.15) is 0 Å². The van der Waals surface area contributed by atoms with Crippen LogP contribution in [0.25, 0.3) is 0 Å². The molecule has 0 bridgehead atoms. The smallest absolute Gasteiger partial charge is 0.334 e. The van der Waals surface area contributed by atoms with Crippen LogP contribution in [-0.4, -0.2) is 69.1 Å². The Bertz CT molecular complexity index is 234. The summed E-state index contributed by atoms with van der Waals surface area (Å²) in [7, 11) is 4.41. The molecule has 0 aliphatic rings. The summed E-state index contributed by atoms with van der Waals surface area (Å²) in [6.45, 7) is 0.797. The SMILES string of the molecule is COCCN(C)C(=O)NCC(OC)C(=O)O. The lowest BCUT2D eigenvalue weighted by Crippen LogP contribution is -2.44. The molecule has 2 amide bonds. The van der Waals surface area contributed by atoms with Gasteiger partial charge < -0.3 is 24.8 Å². The van der Waals surface area contributed by atoms with Crippen molar-refractivity contribution >= 4 is 12.0 Å². The fourth-order valence-corrected chi connectivity index (χ4v) is 0.916. The summed E-state index contributed by atoms with van der Waals surface area (Å²) in [6.07, 6.45) is -1.03. The molecule has 0 rings (SSSR count). The summed E-state index contributed by atoms with van der Waals surface area (Å²) in [5.41, 5.74) is 0. The molecule has 0 heterocycles. The van der Waals surface area contributed by atoms with Gasteiger partial charge in [-0.2, -0.15) is 0 Å². The van der Waals surface area contributed by atoms with E-state index in [9.17, 15) is 9.59 Å². The predicted molar refractivity (Wildman–Crippen MR) is 56.3 cm³/mol. The number of nitrogens with zero attached hydrogens (tertiary/aromatic N) is 1. The Labute approximate surface area is 94.3 Å². The van der Waals surface area contributed by atoms with E-state index >= 15 is 0 Å². The van der Waals surface area contributed by atoms with Gasteiger partial charge >= 0.3 is 12.0 Å². The number of carbonyl (C=O) groups excluding carboxylic acids is 1. The van der Waals surface area contributed by atoms with Gasteiger partial charge in [0.05, 0.1) is 13.2 Å². The van der Waals surface area contributed by atoms with E-state index in [1.165, 1.54) is 19.1 Å². The van der Waals surface area contributed by atoms with Gasteiger partial charge in [0.15, 0.2) is 6.10 Å². The first-order valence-corrected chi connectivity index (χ1v) is 4.76. The number of hydrogen-bond donors (Lipinski definition) is 2. The van der Waals surface area contributed by atoms with Crippen LogP contribution in [0.15, 0.2) is 0 Å². The van der Waals surface area contributed by atoms with Gasteiger partial charge in [-0.1, -0.05) is 0 Å². The molecule has 0 aliphatic heterocycles. The van der Waals surface area contributed by atoms with E-state index in [1.54, 1.807) is 7.05 Å². The summed E-state index contributed by atoms with van der Waals surface area (Å²) in [5, 5.41) is 11.1. The fourth-order valence-electron chi connectivity index (χ4n) is 0.916. The highest BCUT2D eigenvalue weighted by Crippen LogP contribution is 1.90. The molecule has 1 unspecified atom stereocenters. The zero-order valence-corrected chi connectivity index (χ0v) is 9.73. The van der Waals surface area contributed by atoms with Crippen molar-refractivity contribution in [3.05, 3.63) is 0 Å². The quantitative estimate of drug-likeness (QED) is 0.612. The minimum Gasteiger partial charge on any atom is -0.479 e. The standard InChI is InChI=1S/C9H18N2O5/c1-11(4-5-15-2)9(14)10-6-7(16-3)8(12)13/h7H,4-6H2,1-3H3,(H,10,14)(H,12,13). The Morgan fingerprint density at radius 1 is 1.44 bits per heavy atom. The lowest BCUT2D eigenvalue weighted by Gasteiger charge is -2.18. The molecule has 0 spiro atoms. The first-order valence-electron chi connectivity index (χ1n) is 4.76. The van der Waals surface area contributed by atoms with E-state index in [0.717, 1.165) is 0 Å². The van der Waals surface area contributed by atoms with Crippen molar-refractivity contribution in [1.29, 1.82) is 0 Å². The lowest BCUT2D eigenvalue weighted by atomic mass is 10.3. The zero-order valence-electron chi connectivity index (χ0n) is 9.73. The molecule has 7 heteroatoms. The molecule has 0 aromatic carbocycles. The topological polar surface area (TPSA) is 88.1 Å². The zero-order chi connectivity index (χ0) is 12.6. The van der Waals surface area contributed by atoms with E-state index in [-0.39, 0.29) is 12.6 Å². The highest BCUT2D eigenvalue weighted by atomic mass is 16.5. The Hall–Kier alpha value is -1.34. The number of ether oxygens (including phenoxy) is 2. The Kier molecular flexibility index (Phi) is 7.23. The van der Waals surface area contributed by atoms with Crippen LogP contribution in [0, 0.1) is 0 Å².